The Labute approximate surface area is 86.3 Å². The Morgan fingerprint density at radius 2 is 2.23 bits per heavy atom. The van der Waals surface area contributed by atoms with Crippen molar-refractivity contribution in [2.75, 3.05) is 18.0 Å². The van der Waals surface area contributed by atoms with Crippen LogP contribution in [-0.4, -0.2) is 27.9 Å². The van der Waals surface area contributed by atoms with Gasteiger partial charge in [0.2, 0.25) is 0 Å². The molecule has 0 bridgehead atoms. The van der Waals surface area contributed by atoms with Crippen LogP contribution in [0.4, 0.5) is 5.82 Å². The van der Waals surface area contributed by atoms with E-state index in [9.17, 15) is 0 Å². The molecule has 0 aliphatic carbocycles. The van der Waals surface area contributed by atoms with E-state index in [-0.39, 0.29) is 0 Å². The second-order valence-electron chi connectivity index (χ2n) is 3.30. The first-order valence-electron chi connectivity index (χ1n) is 4.44. The van der Waals surface area contributed by atoms with Gasteiger partial charge in [0, 0.05) is 30.3 Å². The zero-order chi connectivity index (χ0) is 9.26. The maximum absolute atomic E-state index is 4.34. The summed E-state index contributed by atoms with van der Waals surface area (Å²) in [5, 5.41) is 0. The largest absolute Gasteiger partial charge is 0.354 e. The van der Waals surface area contributed by atoms with Gasteiger partial charge in [0.05, 0.1) is 5.69 Å². The summed E-state index contributed by atoms with van der Waals surface area (Å²) in [5.74, 6) is 1.03. The molecule has 1 aromatic rings. The summed E-state index contributed by atoms with van der Waals surface area (Å²) >= 11 is 3.61. The molecule has 1 aliphatic heterocycles. The van der Waals surface area contributed by atoms with Crippen molar-refractivity contribution >= 4 is 21.7 Å². The normalized spacial score (nSPS) is 22.3. The quantitative estimate of drug-likeness (QED) is 0.702. The fraction of sp³-hybridized carbons (Fsp3) is 0.556. The van der Waals surface area contributed by atoms with Crippen LogP contribution in [0.15, 0.2) is 12.4 Å². The second-order valence-corrected chi connectivity index (χ2v) is 4.59. The molecule has 2 heterocycles. The number of aryl methyl sites for hydroxylation is 1. The Hall–Kier alpha value is -0.640. The number of hydrogen-bond donors (Lipinski definition) is 0. The highest BCUT2D eigenvalue weighted by atomic mass is 79.9. The summed E-state index contributed by atoms with van der Waals surface area (Å²) in [6.07, 6.45) is 4.68. The average Bonchev–Trinajstić information content (AvgIpc) is 2.53. The lowest BCUT2D eigenvalue weighted by Crippen LogP contribution is -2.22. The average molecular weight is 242 g/mol. The molecule has 4 heteroatoms. The highest BCUT2D eigenvalue weighted by molar-refractivity contribution is 9.09. The van der Waals surface area contributed by atoms with Crippen LogP contribution in [0.2, 0.25) is 0 Å². The molecule has 1 fully saturated rings. The first-order valence-corrected chi connectivity index (χ1v) is 5.35. The number of alkyl halides is 1. The van der Waals surface area contributed by atoms with Crippen LogP contribution < -0.4 is 4.90 Å². The van der Waals surface area contributed by atoms with Gasteiger partial charge in [-0.2, -0.15) is 0 Å². The molecule has 0 aromatic carbocycles. The summed E-state index contributed by atoms with van der Waals surface area (Å²) in [4.78, 5) is 11.5. The lowest BCUT2D eigenvalue weighted by molar-refractivity contribution is 0.911. The van der Waals surface area contributed by atoms with Crippen molar-refractivity contribution in [3.63, 3.8) is 0 Å². The van der Waals surface area contributed by atoms with Gasteiger partial charge in [-0.05, 0) is 13.3 Å². The number of hydrogen-bond acceptors (Lipinski definition) is 3. The second kappa shape index (κ2) is 3.62. The predicted molar refractivity (Wildman–Crippen MR) is 56.3 cm³/mol. The van der Waals surface area contributed by atoms with E-state index < -0.39 is 0 Å². The van der Waals surface area contributed by atoms with Gasteiger partial charge in [0.15, 0.2) is 0 Å². The highest BCUT2D eigenvalue weighted by Crippen LogP contribution is 2.23. The van der Waals surface area contributed by atoms with Crippen LogP contribution in [0, 0.1) is 6.92 Å². The van der Waals surface area contributed by atoms with Gasteiger partial charge in [0.1, 0.15) is 5.82 Å². The van der Waals surface area contributed by atoms with Crippen LogP contribution in [-0.2, 0) is 0 Å². The van der Waals surface area contributed by atoms with Gasteiger partial charge in [-0.3, -0.25) is 4.98 Å². The third-order valence-corrected chi connectivity index (χ3v) is 3.03. The summed E-state index contributed by atoms with van der Waals surface area (Å²) in [5.41, 5.74) is 1.02. The van der Waals surface area contributed by atoms with E-state index >= 15 is 0 Å². The topological polar surface area (TPSA) is 29.0 Å². The van der Waals surface area contributed by atoms with Gasteiger partial charge < -0.3 is 4.90 Å². The van der Waals surface area contributed by atoms with E-state index in [1.54, 1.807) is 12.4 Å². The van der Waals surface area contributed by atoms with Crippen molar-refractivity contribution in [2.45, 2.75) is 18.2 Å². The van der Waals surface area contributed by atoms with Crippen molar-refractivity contribution in [1.29, 1.82) is 0 Å². The molecule has 1 aromatic heterocycles. The molecule has 1 saturated heterocycles. The van der Waals surface area contributed by atoms with E-state index in [0.717, 1.165) is 24.6 Å². The fourth-order valence-electron chi connectivity index (χ4n) is 1.62. The molecule has 1 aliphatic rings. The van der Waals surface area contributed by atoms with Crippen LogP contribution in [0.5, 0.6) is 0 Å². The molecular weight excluding hydrogens is 230 g/mol. The smallest absolute Gasteiger partial charge is 0.150 e. The maximum atomic E-state index is 4.34. The molecule has 1 atom stereocenters. The first kappa shape index (κ1) is 8.94. The van der Waals surface area contributed by atoms with Crippen molar-refractivity contribution in [3.05, 3.63) is 18.1 Å². The molecular formula is C9H12BrN3. The monoisotopic (exact) mass is 241 g/mol. The minimum atomic E-state index is 0.605. The highest BCUT2D eigenvalue weighted by Gasteiger charge is 2.22. The van der Waals surface area contributed by atoms with Gasteiger partial charge in [0.25, 0.3) is 0 Å². The molecule has 0 spiro atoms. The molecule has 3 nitrogen and oxygen atoms in total. The number of nitrogens with zero attached hydrogens (tertiary/aromatic N) is 3. The van der Waals surface area contributed by atoms with Crippen LogP contribution in [0.25, 0.3) is 0 Å². The molecule has 0 saturated carbocycles. The Bertz CT molecular complexity index is 303. The fourth-order valence-corrected chi connectivity index (χ4v) is 2.17. The minimum Gasteiger partial charge on any atom is -0.354 e. The molecule has 0 radical (unpaired) electrons. The van der Waals surface area contributed by atoms with E-state index in [1.165, 1.54) is 6.42 Å². The maximum Gasteiger partial charge on any atom is 0.150 e. The Morgan fingerprint density at radius 3 is 2.85 bits per heavy atom. The van der Waals surface area contributed by atoms with Crippen molar-refractivity contribution in [3.8, 4) is 0 Å². The van der Waals surface area contributed by atoms with Gasteiger partial charge in [-0.1, -0.05) is 15.9 Å². The van der Waals surface area contributed by atoms with Gasteiger partial charge in [-0.25, -0.2) is 4.98 Å². The lowest BCUT2D eigenvalue weighted by atomic mass is 10.4. The number of halogens is 1. The molecule has 0 N–H and O–H groups in total. The summed E-state index contributed by atoms with van der Waals surface area (Å²) in [6.45, 7) is 4.12. The van der Waals surface area contributed by atoms with Gasteiger partial charge >= 0.3 is 0 Å². The van der Waals surface area contributed by atoms with Crippen molar-refractivity contribution in [2.24, 2.45) is 0 Å². The van der Waals surface area contributed by atoms with E-state index in [4.69, 9.17) is 0 Å². The number of aromatic nitrogens is 2. The standard InChI is InChI=1S/C9H12BrN3/c1-7-9(12-4-3-11-7)13-5-2-8(10)6-13/h3-4,8H,2,5-6H2,1H3. The zero-order valence-electron chi connectivity index (χ0n) is 7.57. The molecule has 13 heavy (non-hydrogen) atoms. The Morgan fingerprint density at radius 1 is 1.46 bits per heavy atom. The Balaban J connectivity index is 2.21. The number of anilines is 1. The summed E-state index contributed by atoms with van der Waals surface area (Å²) < 4.78 is 0. The summed E-state index contributed by atoms with van der Waals surface area (Å²) in [6, 6.07) is 0. The van der Waals surface area contributed by atoms with Crippen molar-refractivity contribution in [1.82, 2.24) is 9.97 Å². The molecule has 2 rings (SSSR count). The Kier molecular flexibility index (Phi) is 2.49. The van der Waals surface area contributed by atoms with Crippen LogP contribution in [0.1, 0.15) is 12.1 Å². The zero-order valence-corrected chi connectivity index (χ0v) is 9.16. The molecule has 1 unspecified atom stereocenters. The van der Waals surface area contributed by atoms with Crippen LogP contribution in [0.3, 0.4) is 0 Å². The van der Waals surface area contributed by atoms with E-state index in [1.807, 2.05) is 6.92 Å². The van der Waals surface area contributed by atoms with Crippen LogP contribution >= 0.6 is 15.9 Å². The third kappa shape index (κ3) is 1.82. The van der Waals surface area contributed by atoms with Gasteiger partial charge in [-0.15, -0.1) is 0 Å². The molecule has 70 valence electrons. The molecule has 0 amide bonds. The van der Waals surface area contributed by atoms with Crippen molar-refractivity contribution < 1.29 is 0 Å². The first-order chi connectivity index (χ1) is 6.27. The SMILES string of the molecule is Cc1nccnc1N1CCC(Br)C1. The summed E-state index contributed by atoms with van der Waals surface area (Å²) in [7, 11) is 0. The van der Waals surface area contributed by atoms with E-state index in [0.29, 0.717) is 4.83 Å². The third-order valence-electron chi connectivity index (χ3n) is 2.29. The minimum absolute atomic E-state index is 0.605. The lowest BCUT2D eigenvalue weighted by Gasteiger charge is -2.17. The predicted octanol–water partition coefficient (Wildman–Crippen LogP) is 1.76. The van der Waals surface area contributed by atoms with E-state index in [2.05, 4.69) is 30.8 Å². The number of rotatable bonds is 1.